The quantitative estimate of drug-likeness (QED) is 0.614. The maximum atomic E-state index is 13.0. The Hall–Kier alpha value is -1.03. The van der Waals surface area contributed by atoms with Gasteiger partial charge in [0.05, 0.1) is 5.60 Å². The lowest BCUT2D eigenvalue weighted by Gasteiger charge is -2.13. The molecule has 0 saturated heterocycles. The van der Waals surface area contributed by atoms with Crippen molar-refractivity contribution >= 4 is 28.4 Å². The predicted molar refractivity (Wildman–Crippen MR) is 63.9 cm³/mol. The van der Waals surface area contributed by atoms with E-state index in [1.54, 1.807) is 0 Å². The lowest BCUT2D eigenvalue weighted by atomic mass is 10.1. The number of aliphatic hydroxyl groups is 1. The third-order valence-electron chi connectivity index (χ3n) is 1.44. The summed E-state index contributed by atoms with van der Waals surface area (Å²) in [5.41, 5.74) is 7.38. The van der Waals surface area contributed by atoms with Crippen molar-refractivity contribution in [3.05, 3.63) is 16.8 Å². The summed E-state index contributed by atoms with van der Waals surface area (Å²) in [6, 6.07) is 0.324. The van der Waals surface area contributed by atoms with Gasteiger partial charge in [-0.05, 0) is 19.9 Å². The molecule has 0 aliphatic heterocycles. The van der Waals surface area contributed by atoms with Gasteiger partial charge in [0.25, 0.3) is 0 Å². The molecule has 0 bridgehead atoms. The molecule has 17 heavy (non-hydrogen) atoms. The Bertz CT molecular complexity index is 424. The van der Waals surface area contributed by atoms with Crippen LogP contribution in [0.1, 0.15) is 18.7 Å². The van der Waals surface area contributed by atoms with Crippen LogP contribution in [0.15, 0.2) is 10.3 Å². The van der Waals surface area contributed by atoms with Crippen LogP contribution in [-0.4, -0.2) is 15.3 Å². The Labute approximate surface area is 104 Å². The van der Waals surface area contributed by atoms with Gasteiger partial charge in [-0.1, -0.05) is 0 Å². The average Bonchev–Trinajstić information content (AvgIpc) is 2.44. The molecular weight excluding hydrogens is 269 g/mol. The fourth-order valence-corrected chi connectivity index (χ4v) is 2.41. The first kappa shape index (κ1) is 16.0. The summed E-state index contributed by atoms with van der Waals surface area (Å²) in [6.07, 6.45) is 0. The van der Waals surface area contributed by atoms with Crippen LogP contribution in [0.25, 0.3) is 0 Å². The van der Waals surface area contributed by atoms with Crippen LogP contribution >= 0.6 is 11.3 Å². The number of hydrogen-bond acceptors (Lipinski definition) is 4. The van der Waals surface area contributed by atoms with E-state index in [-0.39, 0.29) is 4.21 Å². The zero-order chi connectivity index (χ0) is 13.8. The van der Waals surface area contributed by atoms with E-state index >= 15 is 0 Å². The molecule has 0 aliphatic carbocycles. The maximum Gasteiger partial charge on any atom is 0.309 e. The lowest BCUT2D eigenvalue weighted by molar-refractivity contribution is 0.0823. The fourth-order valence-electron chi connectivity index (χ4n) is 0.791. The zero-order valence-electron chi connectivity index (χ0n) is 9.27. The first-order valence-corrected chi connectivity index (χ1v) is 6.32. The minimum atomic E-state index is -1.82. The van der Waals surface area contributed by atoms with Crippen LogP contribution in [0, 0.1) is 5.82 Å². The second-order valence-electron chi connectivity index (χ2n) is 3.50. The van der Waals surface area contributed by atoms with Crippen molar-refractivity contribution in [3.8, 4) is 0 Å². The smallest absolute Gasteiger partial charge is 0.309 e. The standard InChI is InChI=1S/C7H10FNO2S2.CH4N2O/c1-7(2,10)5-3-4(8)6(12-5)13(9)11;2-1(3)4/h3,10H,9H2,1-2H3;(H4,2,3,4). The molecule has 1 rings (SSSR count). The highest BCUT2D eigenvalue weighted by Crippen LogP contribution is 2.31. The molecule has 0 spiro atoms. The molecule has 9 heteroatoms. The Balaban J connectivity index is 0.000000557. The minimum absolute atomic E-state index is 0.0304. The van der Waals surface area contributed by atoms with Gasteiger partial charge in [0.2, 0.25) is 0 Å². The Morgan fingerprint density at radius 3 is 2.12 bits per heavy atom. The molecule has 1 unspecified atom stereocenters. The molecule has 0 saturated carbocycles. The van der Waals surface area contributed by atoms with E-state index in [9.17, 15) is 13.7 Å². The molecule has 6 nitrogen and oxygen atoms in total. The topological polar surface area (TPSA) is 132 Å². The molecule has 1 aromatic rings. The summed E-state index contributed by atoms with van der Waals surface area (Å²) < 4.78 is 23.8. The number of carbonyl (C=O) groups excluding carboxylic acids is 1. The molecular formula is C8H14FN3O3S2. The third kappa shape index (κ3) is 5.73. The van der Waals surface area contributed by atoms with Gasteiger partial charge in [0.15, 0.2) is 5.82 Å². The van der Waals surface area contributed by atoms with Gasteiger partial charge in [0, 0.05) is 4.88 Å². The molecule has 0 radical (unpaired) electrons. The fraction of sp³-hybridized carbons (Fsp3) is 0.375. The van der Waals surface area contributed by atoms with Gasteiger partial charge in [-0.15, -0.1) is 11.3 Å². The van der Waals surface area contributed by atoms with Gasteiger partial charge in [0.1, 0.15) is 15.2 Å². The molecule has 7 N–H and O–H groups in total. The third-order valence-corrected chi connectivity index (χ3v) is 3.96. The first-order valence-electron chi connectivity index (χ1n) is 4.29. The first-order chi connectivity index (χ1) is 7.55. The largest absolute Gasteiger partial charge is 0.385 e. The number of hydrogen-bond donors (Lipinski definition) is 4. The van der Waals surface area contributed by atoms with Crippen LogP contribution in [0.2, 0.25) is 0 Å². The normalized spacial score (nSPS) is 12.5. The van der Waals surface area contributed by atoms with Crippen LogP contribution in [0.3, 0.4) is 0 Å². The second kappa shape index (κ2) is 6.05. The summed E-state index contributed by atoms with van der Waals surface area (Å²) in [7, 11) is -1.82. The summed E-state index contributed by atoms with van der Waals surface area (Å²) in [5, 5.41) is 14.5. The van der Waals surface area contributed by atoms with Gasteiger partial charge in [-0.3, -0.25) is 0 Å². The predicted octanol–water partition coefficient (Wildman–Crippen LogP) is 0.120. The zero-order valence-corrected chi connectivity index (χ0v) is 10.9. The van der Waals surface area contributed by atoms with Crippen molar-refractivity contribution < 1.29 is 18.5 Å². The highest BCUT2D eigenvalue weighted by atomic mass is 32.2. The monoisotopic (exact) mass is 283 g/mol. The number of rotatable bonds is 2. The van der Waals surface area contributed by atoms with E-state index in [4.69, 9.17) is 9.93 Å². The molecule has 1 aromatic heterocycles. The highest BCUT2D eigenvalue weighted by Gasteiger charge is 2.22. The molecule has 0 aliphatic rings. The van der Waals surface area contributed by atoms with Crippen LogP contribution in [0.4, 0.5) is 9.18 Å². The van der Waals surface area contributed by atoms with E-state index in [1.807, 2.05) is 0 Å². The van der Waals surface area contributed by atoms with Crippen LogP contribution < -0.4 is 16.6 Å². The van der Waals surface area contributed by atoms with Crippen LogP contribution in [-0.2, 0) is 16.6 Å². The van der Waals surface area contributed by atoms with E-state index < -0.39 is 28.4 Å². The van der Waals surface area contributed by atoms with E-state index in [0.29, 0.717) is 4.88 Å². The van der Waals surface area contributed by atoms with E-state index in [2.05, 4.69) is 11.5 Å². The summed E-state index contributed by atoms with van der Waals surface area (Å²) in [6.45, 7) is 3.06. The van der Waals surface area contributed by atoms with E-state index in [1.165, 1.54) is 13.8 Å². The Kier molecular flexibility index (Phi) is 5.69. The van der Waals surface area contributed by atoms with Crippen molar-refractivity contribution in [2.24, 2.45) is 16.6 Å². The number of thiophene rings is 1. The number of halogens is 1. The van der Waals surface area contributed by atoms with Crippen LogP contribution in [0.5, 0.6) is 0 Å². The molecule has 0 aromatic carbocycles. The number of primary amides is 2. The van der Waals surface area contributed by atoms with Crippen molar-refractivity contribution in [1.29, 1.82) is 0 Å². The second-order valence-corrected chi connectivity index (χ2v) is 5.82. The van der Waals surface area contributed by atoms with Gasteiger partial charge >= 0.3 is 6.03 Å². The van der Waals surface area contributed by atoms with Crippen molar-refractivity contribution in [2.75, 3.05) is 0 Å². The van der Waals surface area contributed by atoms with Gasteiger partial charge in [-0.2, -0.15) is 0 Å². The summed E-state index contributed by atoms with van der Waals surface area (Å²) in [4.78, 5) is 9.42. The SMILES string of the molecule is CC(C)(O)c1cc(F)c(S(N)=O)s1.NC(N)=O. The highest BCUT2D eigenvalue weighted by molar-refractivity contribution is 7.85. The molecule has 2 amide bonds. The summed E-state index contributed by atoms with van der Waals surface area (Å²) >= 11 is 0.924. The average molecular weight is 283 g/mol. The summed E-state index contributed by atoms with van der Waals surface area (Å²) in [5.74, 6) is -0.622. The number of nitrogens with two attached hydrogens (primary N) is 3. The molecule has 0 fully saturated rings. The molecule has 98 valence electrons. The minimum Gasteiger partial charge on any atom is -0.385 e. The maximum absolute atomic E-state index is 13.0. The Morgan fingerprint density at radius 2 is 1.94 bits per heavy atom. The molecule has 1 atom stereocenters. The van der Waals surface area contributed by atoms with Crippen molar-refractivity contribution in [2.45, 2.75) is 23.7 Å². The van der Waals surface area contributed by atoms with Crippen molar-refractivity contribution in [1.82, 2.24) is 0 Å². The number of urea groups is 1. The number of amides is 2. The van der Waals surface area contributed by atoms with Crippen molar-refractivity contribution in [3.63, 3.8) is 0 Å². The number of carbonyl (C=O) groups is 1. The molecule has 1 heterocycles. The van der Waals surface area contributed by atoms with E-state index in [0.717, 1.165) is 17.4 Å². The van der Waals surface area contributed by atoms with Gasteiger partial charge in [-0.25, -0.2) is 18.5 Å². The lowest BCUT2D eigenvalue weighted by Crippen LogP contribution is -2.18. The Morgan fingerprint density at radius 1 is 1.53 bits per heavy atom. The van der Waals surface area contributed by atoms with Gasteiger partial charge < -0.3 is 16.6 Å².